The van der Waals surface area contributed by atoms with Gasteiger partial charge in [-0.3, -0.25) is 19.3 Å². The summed E-state index contributed by atoms with van der Waals surface area (Å²) in [6, 6.07) is 6.24. The van der Waals surface area contributed by atoms with Crippen LogP contribution in [0, 0.1) is 0 Å². The Morgan fingerprint density at radius 2 is 2.09 bits per heavy atom. The molecule has 22 heavy (non-hydrogen) atoms. The van der Waals surface area contributed by atoms with Gasteiger partial charge in [0.2, 0.25) is 5.91 Å². The number of hydrogen-bond donors (Lipinski definition) is 2. The molecule has 0 aromatic heterocycles. The number of hydrogen-bond acceptors (Lipinski definition) is 4. The molecule has 118 valence electrons. The van der Waals surface area contributed by atoms with Gasteiger partial charge >= 0.3 is 5.97 Å². The van der Waals surface area contributed by atoms with Crippen molar-refractivity contribution in [3.8, 4) is 5.75 Å². The molecule has 0 radical (unpaired) electrons. The molecular weight excluding hydrogens is 288 g/mol. The normalized spacial score (nSPS) is 18.2. The summed E-state index contributed by atoms with van der Waals surface area (Å²) in [4.78, 5) is 36.4. The summed E-state index contributed by atoms with van der Waals surface area (Å²) in [5, 5.41) is 11.1. The molecule has 0 aliphatic carbocycles. The first-order valence-corrected chi connectivity index (χ1v) is 7.00. The number of ether oxygens (including phenoxy) is 1. The summed E-state index contributed by atoms with van der Waals surface area (Å²) in [6.45, 7) is 3.25. The average molecular weight is 306 g/mol. The molecule has 0 spiro atoms. The Morgan fingerprint density at radius 3 is 2.77 bits per heavy atom. The van der Waals surface area contributed by atoms with Crippen LogP contribution in [0.5, 0.6) is 5.75 Å². The first kappa shape index (κ1) is 15.8. The molecule has 1 aromatic carbocycles. The summed E-state index contributed by atoms with van der Waals surface area (Å²) < 4.78 is 5.52. The molecule has 1 aromatic rings. The lowest BCUT2D eigenvalue weighted by atomic mass is 10.1. The number of nitrogens with one attached hydrogen (secondary N) is 1. The zero-order valence-electron chi connectivity index (χ0n) is 12.4. The number of carbonyl (C=O) groups excluding carboxylic acids is 2. The van der Waals surface area contributed by atoms with Crippen molar-refractivity contribution < 1.29 is 24.2 Å². The van der Waals surface area contributed by atoms with E-state index in [1.165, 1.54) is 4.90 Å². The number of carboxylic acid groups (broad SMARTS) is 1. The Balaban J connectivity index is 2.17. The second kappa shape index (κ2) is 6.46. The molecule has 0 saturated heterocycles. The maximum atomic E-state index is 12.3. The van der Waals surface area contributed by atoms with E-state index in [2.05, 4.69) is 5.32 Å². The summed E-state index contributed by atoms with van der Waals surface area (Å²) in [5.74, 6) is -1.16. The summed E-state index contributed by atoms with van der Waals surface area (Å²) >= 11 is 0. The largest absolute Gasteiger partial charge is 0.481 e. The first-order chi connectivity index (χ1) is 10.4. The number of para-hydroxylation sites is 2. The first-order valence-electron chi connectivity index (χ1n) is 7.00. The van der Waals surface area contributed by atoms with Crippen LogP contribution in [0.15, 0.2) is 24.3 Å². The van der Waals surface area contributed by atoms with Crippen molar-refractivity contribution in [2.24, 2.45) is 0 Å². The Morgan fingerprint density at radius 1 is 1.41 bits per heavy atom. The molecule has 0 fully saturated rings. The molecule has 2 atom stereocenters. The van der Waals surface area contributed by atoms with Crippen molar-refractivity contribution in [1.29, 1.82) is 0 Å². The topological polar surface area (TPSA) is 95.9 Å². The monoisotopic (exact) mass is 306 g/mol. The SMILES string of the molecule is CC1Oc2ccccc2N(C(C)C(=O)NCCC(=O)O)C1=O. The van der Waals surface area contributed by atoms with Gasteiger partial charge < -0.3 is 15.2 Å². The van der Waals surface area contributed by atoms with Crippen molar-refractivity contribution in [1.82, 2.24) is 5.32 Å². The van der Waals surface area contributed by atoms with Crippen molar-refractivity contribution in [2.45, 2.75) is 32.4 Å². The van der Waals surface area contributed by atoms with Gasteiger partial charge in [-0.2, -0.15) is 0 Å². The number of carbonyl (C=O) groups is 3. The fourth-order valence-corrected chi connectivity index (χ4v) is 2.27. The second-order valence-electron chi connectivity index (χ2n) is 5.05. The Labute approximate surface area is 127 Å². The van der Waals surface area contributed by atoms with Crippen LogP contribution in [0.2, 0.25) is 0 Å². The van der Waals surface area contributed by atoms with Gasteiger partial charge in [0.25, 0.3) is 5.91 Å². The summed E-state index contributed by atoms with van der Waals surface area (Å²) in [5.41, 5.74) is 0.534. The second-order valence-corrected chi connectivity index (χ2v) is 5.05. The van der Waals surface area contributed by atoms with Gasteiger partial charge in [-0.25, -0.2) is 0 Å². The Hall–Kier alpha value is -2.57. The van der Waals surface area contributed by atoms with Gasteiger partial charge in [0.1, 0.15) is 11.8 Å². The van der Waals surface area contributed by atoms with Crippen molar-refractivity contribution in [3.63, 3.8) is 0 Å². The summed E-state index contributed by atoms with van der Waals surface area (Å²) in [6.07, 6.45) is -0.841. The van der Waals surface area contributed by atoms with Crippen LogP contribution in [0.25, 0.3) is 0 Å². The van der Waals surface area contributed by atoms with Crippen LogP contribution in [-0.4, -0.2) is 41.6 Å². The van der Waals surface area contributed by atoms with E-state index in [0.29, 0.717) is 11.4 Å². The zero-order chi connectivity index (χ0) is 16.3. The van der Waals surface area contributed by atoms with E-state index in [1.807, 2.05) is 0 Å². The molecule has 1 aliphatic rings. The standard InChI is InChI=1S/C15H18N2O5/c1-9(14(20)16-8-7-13(18)19)17-11-5-3-4-6-12(11)22-10(2)15(17)21/h3-6,9-10H,7-8H2,1-2H3,(H,16,20)(H,18,19). The van der Waals surface area contributed by atoms with Crippen LogP contribution < -0.4 is 15.0 Å². The van der Waals surface area contributed by atoms with E-state index in [0.717, 1.165) is 0 Å². The highest BCUT2D eigenvalue weighted by atomic mass is 16.5. The molecule has 0 bridgehead atoms. The van der Waals surface area contributed by atoms with Crippen LogP contribution >= 0.6 is 0 Å². The zero-order valence-corrected chi connectivity index (χ0v) is 12.4. The molecule has 7 nitrogen and oxygen atoms in total. The highest BCUT2D eigenvalue weighted by molar-refractivity contribution is 6.05. The van der Waals surface area contributed by atoms with Crippen molar-refractivity contribution >= 4 is 23.5 Å². The van der Waals surface area contributed by atoms with E-state index < -0.39 is 24.0 Å². The van der Waals surface area contributed by atoms with E-state index in [1.54, 1.807) is 38.1 Å². The number of amides is 2. The van der Waals surface area contributed by atoms with Gasteiger partial charge in [-0.05, 0) is 26.0 Å². The van der Waals surface area contributed by atoms with E-state index in [9.17, 15) is 14.4 Å². The molecule has 2 rings (SSSR count). The third-order valence-electron chi connectivity index (χ3n) is 3.42. The molecule has 2 unspecified atom stereocenters. The highest BCUT2D eigenvalue weighted by Gasteiger charge is 2.36. The quantitative estimate of drug-likeness (QED) is 0.838. The van der Waals surface area contributed by atoms with Gasteiger partial charge in [0.05, 0.1) is 12.1 Å². The number of benzene rings is 1. The number of rotatable bonds is 5. The Kier molecular flexibility index (Phi) is 4.65. The number of anilines is 1. The molecule has 2 amide bonds. The third kappa shape index (κ3) is 3.19. The van der Waals surface area contributed by atoms with Crippen LogP contribution in [0.1, 0.15) is 20.3 Å². The molecule has 1 aliphatic heterocycles. The minimum atomic E-state index is -0.991. The molecular formula is C15H18N2O5. The van der Waals surface area contributed by atoms with E-state index >= 15 is 0 Å². The molecule has 1 heterocycles. The van der Waals surface area contributed by atoms with Crippen LogP contribution in [0.4, 0.5) is 5.69 Å². The smallest absolute Gasteiger partial charge is 0.305 e. The van der Waals surface area contributed by atoms with Crippen LogP contribution in [0.3, 0.4) is 0 Å². The minimum absolute atomic E-state index is 0.0221. The van der Waals surface area contributed by atoms with E-state index in [4.69, 9.17) is 9.84 Å². The van der Waals surface area contributed by atoms with Gasteiger partial charge in [0, 0.05) is 6.54 Å². The maximum absolute atomic E-state index is 12.3. The maximum Gasteiger partial charge on any atom is 0.305 e. The lowest BCUT2D eigenvalue weighted by Gasteiger charge is -2.36. The van der Waals surface area contributed by atoms with Gasteiger partial charge in [-0.1, -0.05) is 12.1 Å². The lowest BCUT2D eigenvalue weighted by Crippen LogP contribution is -2.54. The molecule has 2 N–H and O–H groups in total. The number of nitrogens with zero attached hydrogens (tertiary/aromatic N) is 1. The number of fused-ring (bicyclic) bond motifs is 1. The predicted molar refractivity (Wildman–Crippen MR) is 78.7 cm³/mol. The average Bonchev–Trinajstić information content (AvgIpc) is 2.47. The highest BCUT2D eigenvalue weighted by Crippen LogP contribution is 2.34. The fourth-order valence-electron chi connectivity index (χ4n) is 2.27. The van der Waals surface area contributed by atoms with Crippen molar-refractivity contribution in [2.75, 3.05) is 11.4 Å². The van der Waals surface area contributed by atoms with Crippen molar-refractivity contribution in [3.05, 3.63) is 24.3 Å². The Bertz CT molecular complexity index is 601. The fraction of sp³-hybridized carbons (Fsp3) is 0.400. The molecule has 7 heteroatoms. The van der Waals surface area contributed by atoms with Gasteiger partial charge in [-0.15, -0.1) is 0 Å². The van der Waals surface area contributed by atoms with E-state index in [-0.39, 0.29) is 18.9 Å². The summed E-state index contributed by atoms with van der Waals surface area (Å²) in [7, 11) is 0. The molecule has 0 saturated carbocycles. The van der Waals surface area contributed by atoms with Gasteiger partial charge in [0.15, 0.2) is 6.10 Å². The minimum Gasteiger partial charge on any atom is -0.481 e. The predicted octanol–water partition coefficient (Wildman–Crippen LogP) is 0.780. The third-order valence-corrected chi connectivity index (χ3v) is 3.42. The number of aliphatic carboxylic acids is 1. The number of carboxylic acids is 1. The van der Waals surface area contributed by atoms with Crippen LogP contribution in [-0.2, 0) is 14.4 Å². The lowest BCUT2D eigenvalue weighted by molar-refractivity contribution is -0.137.